The molecule has 1 amide bonds. The van der Waals surface area contributed by atoms with E-state index in [9.17, 15) is 4.79 Å². The second kappa shape index (κ2) is 27.1. The molecule has 0 aromatic rings. The van der Waals surface area contributed by atoms with E-state index < -0.39 is 0 Å². The summed E-state index contributed by atoms with van der Waals surface area (Å²) in [5, 5.41) is 0. The van der Waals surface area contributed by atoms with E-state index in [1.54, 1.807) is 7.11 Å². The first-order valence-electron chi connectivity index (χ1n) is 21.5. The summed E-state index contributed by atoms with van der Waals surface area (Å²) in [6, 6.07) is 0.363. The van der Waals surface area contributed by atoms with Crippen LogP contribution in [0.15, 0.2) is 0 Å². The van der Waals surface area contributed by atoms with Crippen LogP contribution in [0.4, 0.5) is 0 Å². The van der Waals surface area contributed by atoms with Gasteiger partial charge in [-0.3, -0.25) is 4.79 Å². The topological polar surface area (TPSA) is 38.8 Å². The van der Waals surface area contributed by atoms with Gasteiger partial charge >= 0.3 is 0 Å². The lowest BCUT2D eigenvalue weighted by Crippen LogP contribution is -2.46. The van der Waals surface area contributed by atoms with Gasteiger partial charge in [0.25, 0.3) is 0 Å². The predicted octanol–water partition coefficient (Wildman–Crippen LogP) is 14.3. The molecule has 0 N–H and O–H groups in total. The normalized spacial score (nSPS) is 13.1. The van der Waals surface area contributed by atoms with Crippen molar-refractivity contribution in [3.8, 4) is 0 Å². The highest BCUT2D eigenvalue weighted by molar-refractivity contribution is 5.82. The molecule has 0 aliphatic heterocycles. The number of carbonyl (C=O) groups is 1. The maximum absolute atomic E-state index is 14.2. The summed E-state index contributed by atoms with van der Waals surface area (Å²) in [6.07, 6.45) is 33.3. The van der Waals surface area contributed by atoms with E-state index in [-0.39, 0.29) is 22.0 Å². The quantitative estimate of drug-likeness (QED) is 0.0630. The van der Waals surface area contributed by atoms with Crippen molar-refractivity contribution in [3.63, 3.8) is 0 Å². The first-order valence-corrected chi connectivity index (χ1v) is 21.5. The molecule has 294 valence electrons. The molecule has 0 radical (unpaired) electrons. The van der Waals surface area contributed by atoms with E-state index in [0.29, 0.717) is 18.6 Å². The van der Waals surface area contributed by atoms with Gasteiger partial charge in [-0.2, -0.15) is 0 Å². The lowest BCUT2D eigenvalue weighted by atomic mass is 9.71. The molecule has 0 spiro atoms. The van der Waals surface area contributed by atoms with E-state index in [0.717, 1.165) is 38.5 Å². The Hall–Kier alpha value is -0.610. The van der Waals surface area contributed by atoms with Crippen LogP contribution in [0, 0.1) is 10.8 Å². The van der Waals surface area contributed by atoms with Gasteiger partial charge in [0.05, 0.1) is 17.8 Å². The molecular formula is C45H91NO3. The molecule has 0 aliphatic rings. The van der Waals surface area contributed by atoms with Crippen LogP contribution in [0.25, 0.3) is 0 Å². The van der Waals surface area contributed by atoms with Gasteiger partial charge in [-0.15, -0.1) is 0 Å². The Morgan fingerprint density at radius 3 is 1.33 bits per heavy atom. The molecule has 0 saturated carbocycles. The molecule has 0 heterocycles. The molecular weight excluding hydrogens is 602 g/mol. The zero-order chi connectivity index (χ0) is 37.2. The highest BCUT2D eigenvalue weighted by Crippen LogP contribution is 2.40. The molecule has 0 aliphatic carbocycles. The summed E-state index contributed by atoms with van der Waals surface area (Å²) in [5.41, 5.74) is -0.694. The summed E-state index contributed by atoms with van der Waals surface area (Å²) in [7, 11) is 3.89. The van der Waals surface area contributed by atoms with Gasteiger partial charge in [-0.05, 0) is 71.6 Å². The van der Waals surface area contributed by atoms with Crippen molar-refractivity contribution >= 4 is 5.91 Å². The number of unbranched alkanes of at least 4 members (excludes halogenated alkanes) is 18. The minimum Gasteiger partial charge on any atom is -0.379 e. The molecule has 0 aromatic carbocycles. The maximum Gasteiger partial charge on any atom is 0.228 e. The fraction of sp³-hybridized carbons (Fsp3) is 0.978. The molecule has 0 atom stereocenters. The number of hydrogen-bond donors (Lipinski definition) is 0. The van der Waals surface area contributed by atoms with Gasteiger partial charge in [0, 0.05) is 25.6 Å². The third kappa shape index (κ3) is 25.9. The minimum absolute atomic E-state index is 0.0506. The van der Waals surface area contributed by atoms with Gasteiger partial charge in [0.15, 0.2) is 0 Å². The fourth-order valence-electron chi connectivity index (χ4n) is 7.66. The smallest absolute Gasteiger partial charge is 0.228 e. The number of rotatable bonds is 34. The molecule has 4 nitrogen and oxygen atoms in total. The highest BCUT2D eigenvalue weighted by Gasteiger charge is 2.38. The average molecular weight is 694 g/mol. The van der Waals surface area contributed by atoms with Crippen molar-refractivity contribution in [2.75, 3.05) is 20.8 Å². The van der Waals surface area contributed by atoms with Gasteiger partial charge in [-0.25, -0.2) is 0 Å². The van der Waals surface area contributed by atoms with Gasteiger partial charge in [0.2, 0.25) is 5.91 Å². The van der Waals surface area contributed by atoms with Gasteiger partial charge < -0.3 is 14.4 Å². The second-order valence-electron chi connectivity index (χ2n) is 18.6. The van der Waals surface area contributed by atoms with Crippen molar-refractivity contribution in [1.29, 1.82) is 0 Å². The predicted molar refractivity (Wildman–Crippen MR) is 217 cm³/mol. The van der Waals surface area contributed by atoms with Crippen molar-refractivity contribution < 1.29 is 14.3 Å². The Morgan fingerprint density at radius 1 is 0.551 bits per heavy atom. The Balaban J connectivity index is 5.04. The van der Waals surface area contributed by atoms with E-state index in [1.807, 2.05) is 0 Å². The third-order valence-corrected chi connectivity index (χ3v) is 11.3. The second-order valence-corrected chi connectivity index (χ2v) is 18.6. The van der Waals surface area contributed by atoms with Crippen LogP contribution >= 0.6 is 0 Å². The molecule has 4 heteroatoms. The van der Waals surface area contributed by atoms with Crippen LogP contribution in [0.3, 0.4) is 0 Å². The molecule has 0 unspecified atom stereocenters. The first-order chi connectivity index (χ1) is 23.0. The van der Waals surface area contributed by atoms with Crippen LogP contribution in [-0.2, 0) is 14.3 Å². The minimum atomic E-state index is -0.389. The number of hydrogen-bond acceptors (Lipinski definition) is 3. The first kappa shape index (κ1) is 48.4. The molecule has 0 saturated heterocycles. The van der Waals surface area contributed by atoms with E-state index >= 15 is 0 Å². The van der Waals surface area contributed by atoms with Crippen molar-refractivity contribution in [2.45, 2.75) is 253 Å². The number of ether oxygens (including phenoxy) is 2. The number of amides is 1. The van der Waals surface area contributed by atoms with Crippen molar-refractivity contribution in [2.24, 2.45) is 10.8 Å². The summed E-state index contributed by atoms with van der Waals surface area (Å²) >= 11 is 0. The zero-order valence-electron chi connectivity index (χ0n) is 35.8. The lowest BCUT2D eigenvalue weighted by molar-refractivity contribution is -0.143. The summed E-state index contributed by atoms with van der Waals surface area (Å²) < 4.78 is 11.9. The third-order valence-electron chi connectivity index (χ3n) is 11.3. The van der Waals surface area contributed by atoms with E-state index in [4.69, 9.17) is 9.47 Å². The Morgan fingerprint density at radius 2 is 0.939 bits per heavy atom. The van der Waals surface area contributed by atoms with Crippen molar-refractivity contribution in [1.82, 2.24) is 4.90 Å². The largest absolute Gasteiger partial charge is 0.379 e. The van der Waals surface area contributed by atoms with Crippen LogP contribution in [0.2, 0.25) is 0 Å². The number of nitrogens with zero attached hydrogens (tertiary/aromatic N) is 1. The molecule has 0 rings (SSSR count). The zero-order valence-corrected chi connectivity index (χ0v) is 35.8. The number of carbonyl (C=O) groups excluding carboxylic acids is 1. The maximum atomic E-state index is 14.2. The number of methoxy groups -OCH3 is 1. The van der Waals surface area contributed by atoms with E-state index in [1.165, 1.54) is 128 Å². The Labute approximate surface area is 309 Å². The summed E-state index contributed by atoms with van der Waals surface area (Å²) in [6.45, 7) is 23.0. The monoisotopic (exact) mass is 694 g/mol. The Bertz CT molecular complexity index is 762. The molecule has 49 heavy (non-hydrogen) atoms. The van der Waals surface area contributed by atoms with Gasteiger partial charge in [0.1, 0.15) is 0 Å². The highest BCUT2D eigenvalue weighted by atomic mass is 16.5. The fourth-order valence-corrected chi connectivity index (χ4v) is 7.66. The molecule has 0 bridgehead atoms. The van der Waals surface area contributed by atoms with Crippen LogP contribution in [0.5, 0.6) is 0 Å². The van der Waals surface area contributed by atoms with E-state index in [2.05, 4.69) is 81.2 Å². The van der Waals surface area contributed by atoms with Crippen LogP contribution in [0.1, 0.15) is 236 Å². The molecule has 0 aromatic heterocycles. The SMILES string of the molecule is CCCCCCCCCCCCC(CCCCCCCCCCCC)N(C)C(=O)C(C)(C)CC(C)(C)CCC(C)(C)OCCC(C)(C)OC. The summed E-state index contributed by atoms with van der Waals surface area (Å²) in [4.78, 5) is 16.4. The molecule has 0 fully saturated rings. The summed E-state index contributed by atoms with van der Waals surface area (Å²) in [5.74, 6) is 0.335. The van der Waals surface area contributed by atoms with Gasteiger partial charge in [-0.1, -0.05) is 170 Å². The van der Waals surface area contributed by atoms with Crippen LogP contribution < -0.4 is 0 Å². The van der Waals surface area contributed by atoms with Crippen LogP contribution in [-0.4, -0.2) is 48.8 Å². The Kier molecular flexibility index (Phi) is 26.7. The van der Waals surface area contributed by atoms with Crippen molar-refractivity contribution in [3.05, 3.63) is 0 Å². The lowest BCUT2D eigenvalue weighted by Gasteiger charge is -2.40. The standard InChI is InChI=1S/C45H91NO3/c1-13-15-17-19-21-23-25-27-29-31-33-40(34-32-30-28-26-24-22-20-18-16-14-2)46(11)41(47)43(5,6)39-42(3,4)35-36-45(9,10)49-38-37-44(7,8)48-12/h40H,13-39H2,1-12H3. The average Bonchev–Trinajstić information content (AvgIpc) is 3.03.